The number of halogens is 1. The van der Waals surface area contributed by atoms with Crippen LogP contribution in [0.3, 0.4) is 0 Å². The van der Waals surface area contributed by atoms with Crippen LogP contribution in [0.25, 0.3) is 0 Å². The van der Waals surface area contributed by atoms with Gasteiger partial charge in [0, 0.05) is 10.4 Å². The lowest BCUT2D eigenvalue weighted by Gasteiger charge is -2.60. The van der Waals surface area contributed by atoms with Crippen LogP contribution in [-0.4, -0.2) is 28.3 Å². The number of rotatable bonds is 5. The van der Waals surface area contributed by atoms with E-state index in [2.05, 4.69) is 21.2 Å². The van der Waals surface area contributed by atoms with Gasteiger partial charge in [0.25, 0.3) is 5.91 Å². The molecule has 0 heterocycles. The number of nitrogens with one attached hydrogen (secondary N) is 1. The first-order valence-corrected chi connectivity index (χ1v) is 9.83. The smallest absolute Gasteiger partial charge is 0.307 e. The van der Waals surface area contributed by atoms with E-state index in [0.717, 1.165) is 43.9 Å². The van der Waals surface area contributed by atoms with Crippen molar-refractivity contribution in [3.63, 3.8) is 0 Å². The van der Waals surface area contributed by atoms with E-state index in [1.54, 1.807) is 6.92 Å². The molecule has 4 nitrogen and oxygen atoms in total. The Morgan fingerprint density at radius 3 is 2.43 bits per heavy atom. The van der Waals surface area contributed by atoms with Crippen LogP contribution in [0.2, 0.25) is 0 Å². The molecule has 0 aromatic heterocycles. The van der Waals surface area contributed by atoms with Crippen molar-refractivity contribution in [2.24, 2.45) is 17.3 Å². The highest BCUT2D eigenvalue weighted by Gasteiger charge is 2.57. The molecule has 1 amide bonds. The van der Waals surface area contributed by atoms with E-state index < -0.39 is 6.10 Å². The zero-order chi connectivity index (χ0) is 16.2. The Morgan fingerprint density at radius 2 is 1.87 bits per heavy atom. The third-order valence-corrected chi connectivity index (χ3v) is 7.16. The summed E-state index contributed by atoms with van der Waals surface area (Å²) in [5, 5.41) is 2.90. The van der Waals surface area contributed by atoms with E-state index in [9.17, 15) is 9.59 Å². The van der Waals surface area contributed by atoms with Gasteiger partial charge in [-0.2, -0.15) is 0 Å². The topological polar surface area (TPSA) is 55.4 Å². The van der Waals surface area contributed by atoms with Crippen molar-refractivity contribution >= 4 is 27.8 Å². The fourth-order valence-electron chi connectivity index (χ4n) is 5.69. The van der Waals surface area contributed by atoms with Gasteiger partial charge in [-0.1, -0.05) is 15.9 Å². The van der Waals surface area contributed by atoms with Gasteiger partial charge in [0.15, 0.2) is 6.10 Å². The molecule has 3 atom stereocenters. The van der Waals surface area contributed by atoms with E-state index in [1.807, 2.05) is 0 Å². The fraction of sp³-hybridized carbons (Fsp3) is 0.889. The number of hydrogen-bond acceptors (Lipinski definition) is 3. The van der Waals surface area contributed by atoms with Gasteiger partial charge in [-0.15, -0.1) is 0 Å². The van der Waals surface area contributed by atoms with Gasteiger partial charge in [-0.25, -0.2) is 0 Å². The summed E-state index contributed by atoms with van der Waals surface area (Å²) in [6.07, 6.45) is 9.18. The Balaban J connectivity index is 1.35. The molecule has 5 aliphatic carbocycles. The number of carbonyl (C=O) groups is 2. The minimum atomic E-state index is -0.671. The maximum atomic E-state index is 12.4. The second kappa shape index (κ2) is 5.47. The highest BCUT2D eigenvalue weighted by molar-refractivity contribution is 9.10. The van der Waals surface area contributed by atoms with Gasteiger partial charge < -0.3 is 10.1 Å². The molecule has 128 valence electrons. The second-order valence-corrected chi connectivity index (χ2v) is 10.4. The van der Waals surface area contributed by atoms with Crippen LogP contribution in [0, 0.1) is 17.3 Å². The summed E-state index contributed by atoms with van der Waals surface area (Å²) >= 11 is 3.97. The van der Waals surface area contributed by atoms with Crippen LogP contribution in [0.5, 0.6) is 0 Å². The van der Waals surface area contributed by atoms with Gasteiger partial charge in [-0.3, -0.25) is 9.59 Å². The van der Waals surface area contributed by atoms with Crippen molar-refractivity contribution < 1.29 is 14.3 Å². The molecule has 23 heavy (non-hydrogen) atoms. The van der Waals surface area contributed by atoms with Crippen molar-refractivity contribution in [2.45, 2.75) is 81.2 Å². The molecule has 5 fully saturated rings. The van der Waals surface area contributed by atoms with Crippen molar-refractivity contribution in [1.82, 2.24) is 5.32 Å². The number of carbonyl (C=O) groups excluding carboxylic acids is 2. The zero-order valence-electron chi connectivity index (χ0n) is 13.8. The van der Waals surface area contributed by atoms with Gasteiger partial charge in [-0.05, 0) is 75.5 Å². The van der Waals surface area contributed by atoms with E-state index in [4.69, 9.17) is 4.74 Å². The van der Waals surface area contributed by atoms with Gasteiger partial charge >= 0.3 is 5.97 Å². The van der Waals surface area contributed by atoms with Gasteiger partial charge in [0.05, 0.1) is 6.42 Å². The van der Waals surface area contributed by atoms with E-state index >= 15 is 0 Å². The molecule has 5 heteroatoms. The molecule has 0 aliphatic heterocycles. The van der Waals surface area contributed by atoms with Crippen molar-refractivity contribution in [1.29, 1.82) is 0 Å². The number of ether oxygens (including phenoxy) is 1. The minimum Gasteiger partial charge on any atom is -0.453 e. The van der Waals surface area contributed by atoms with Crippen molar-refractivity contribution in [2.75, 3.05) is 0 Å². The van der Waals surface area contributed by atoms with Gasteiger partial charge in [0.1, 0.15) is 0 Å². The van der Waals surface area contributed by atoms with Crippen LogP contribution < -0.4 is 5.32 Å². The first kappa shape index (κ1) is 15.9. The number of esters is 1. The first-order valence-electron chi connectivity index (χ1n) is 9.04. The molecule has 0 saturated heterocycles. The van der Waals surface area contributed by atoms with Crippen LogP contribution in [0.15, 0.2) is 0 Å². The Labute approximate surface area is 146 Å². The average molecular weight is 384 g/mol. The van der Waals surface area contributed by atoms with Gasteiger partial charge in [0.2, 0.25) is 0 Å². The molecule has 0 spiro atoms. The van der Waals surface area contributed by atoms with E-state index in [-0.39, 0.29) is 21.6 Å². The number of hydrogen-bond donors (Lipinski definition) is 1. The van der Waals surface area contributed by atoms with Crippen LogP contribution in [0.4, 0.5) is 0 Å². The molecular formula is C18H26BrNO3. The quantitative estimate of drug-likeness (QED) is 0.585. The summed E-state index contributed by atoms with van der Waals surface area (Å²) in [7, 11) is 0. The van der Waals surface area contributed by atoms with E-state index in [1.165, 1.54) is 19.3 Å². The molecule has 5 saturated carbocycles. The lowest BCUT2D eigenvalue weighted by molar-refractivity contribution is -0.160. The van der Waals surface area contributed by atoms with Crippen LogP contribution in [0.1, 0.15) is 64.7 Å². The summed E-state index contributed by atoms with van der Waals surface area (Å²) in [4.78, 5) is 24.4. The fourth-order valence-corrected chi connectivity index (χ4v) is 7.20. The van der Waals surface area contributed by atoms with Crippen molar-refractivity contribution in [3.05, 3.63) is 0 Å². The van der Waals surface area contributed by atoms with Crippen molar-refractivity contribution in [3.8, 4) is 0 Å². The Hall–Kier alpha value is -0.580. The third kappa shape index (κ3) is 3.31. The lowest BCUT2D eigenvalue weighted by Crippen LogP contribution is -2.53. The minimum absolute atomic E-state index is 0.108. The molecule has 0 unspecified atom stereocenters. The third-order valence-electron chi connectivity index (χ3n) is 6.23. The highest BCUT2D eigenvalue weighted by atomic mass is 79.9. The predicted molar refractivity (Wildman–Crippen MR) is 90.1 cm³/mol. The largest absolute Gasteiger partial charge is 0.453 e. The first-order chi connectivity index (χ1) is 10.8. The monoisotopic (exact) mass is 383 g/mol. The number of amides is 1. The molecule has 5 aliphatic rings. The summed E-state index contributed by atoms with van der Waals surface area (Å²) < 4.78 is 5.70. The summed E-state index contributed by atoms with van der Waals surface area (Å²) in [6, 6.07) is 0.306. The highest BCUT2D eigenvalue weighted by Crippen LogP contribution is 2.65. The molecular weight excluding hydrogens is 358 g/mol. The molecule has 0 aromatic carbocycles. The Morgan fingerprint density at radius 1 is 1.22 bits per heavy atom. The standard InChI is InChI=1S/C18H26BrNO3/c1-11(16(22)20-14-2-3-14)23-15(21)9-17-5-12-4-13(6-17)8-18(19,7-12)10-17/h11-14H,2-10H2,1H3,(H,20,22)/t11-,12+,13+,17?,18?/m1/s1. The summed E-state index contributed by atoms with van der Waals surface area (Å²) in [5.41, 5.74) is 0.108. The molecule has 0 aromatic rings. The Bertz CT molecular complexity index is 516. The predicted octanol–water partition coefficient (Wildman–Crippen LogP) is 3.32. The van der Waals surface area contributed by atoms with Crippen LogP contribution >= 0.6 is 15.9 Å². The zero-order valence-corrected chi connectivity index (χ0v) is 15.4. The summed E-state index contributed by atoms with van der Waals surface area (Å²) in [6.45, 7) is 1.68. The lowest BCUT2D eigenvalue weighted by atomic mass is 9.49. The maximum absolute atomic E-state index is 12.4. The second-order valence-electron chi connectivity index (χ2n) is 8.70. The molecule has 0 radical (unpaired) electrons. The normalized spacial score (nSPS) is 42.3. The maximum Gasteiger partial charge on any atom is 0.307 e. The molecule has 4 bridgehead atoms. The molecule has 1 N–H and O–H groups in total. The van der Waals surface area contributed by atoms with Crippen LogP contribution in [-0.2, 0) is 14.3 Å². The SMILES string of the molecule is C[C@@H](OC(=O)CC12C[C@@H]3C[C@H](CC(Br)(C3)C1)C2)C(=O)NC1CC1. The van der Waals surface area contributed by atoms with E-state index in [0.29, 0.717) is 12.5 Å². The number of alkyl halides is 1. The average Bonchev–Trinajstić information content (AvgIpc) is 3.18. The summed E-state index contributed by atoms with van der Waals surface area (Å²) in [5.74, 6) is 1.18. The molecule has 5 rings (SSSR count). The Kier molecular flexibility index (Phi) is 3.78.